The standard InChI is InChI=1S/C17H18ClN2O7PS.C17H18ClN2O6PS/c1-23-13-4-2-3-10-8-24-28(22,27-15(10)13)25-9-11-5-6-14(26-11)20-7-12(18)16(29)19-17(20)21;1-22-13-4-2-3-10-8-23-27(26-15(10)13)24-9-11-5-6-14(25-11)20-7-12(18)16(28)19-17(20)21/h2-4,7,11,14,22H,5-6,8-9H2,1H3;2-4,7,11,14H,5-6,8-9H2,1H3,(H,19,21,28)/p+1. The van der Waals surface area contributed by atoms with Crippen LogP contribution < -0.4 is 29.9 Å². The molecule has 6 atom stereocenters. The maximum atomic E-state index is 12.1. The van der Waals surface area contributed by atoms with Crippen LogP contribution in [0.2, 0.25) is 10.0 Å². The van der Waals surface area contributed by atoms with Gasteiger partial charge in [-0.15, -0.1) is 9.05 Å². The third-order valence-electron chi connectivity index (χ3n) is 9.07. The van der Waals surface area contributed by atoms with Crippen molar-refractivity contribution in [3.8, 4) is 23.0 Å². The van der Waals surface area contributed by atoms with E-state index in [1.165, 1.54) is 28.6 Å². The van der Waals surface area contributed by atoms with Crippen LogP contribution in [0.3, 0.4) is 0 Å². The SMILES string of the molecule is COc1cccc2c1OP(OCC1CCC(n3cc(Cl)c(=S)[nH]c3=O)O1)OC2.COc1cccc2c1O[P+](O)(OCC1CCC(n3cc(Cl)c(=S)[nH]c3=O)O1)OC2. The van der Waals surface area contributed by atoms with E-state index < -0.39 is 34.9 Å². The highest BCUT2D eigenvalue weighted by molar-refractivity contribution is 7.71. The molecule has 6 unspecified atom stereocenters. The second-order valence-electron chi connectivity index (χ2n) is 12.8. The molecule has 0 amide bonds. The number of aromatic amines is 2. The van der Waals surface area contributed by atoms with Gasteiger partial charge in [0, 0.05) is 23.5 Å². The molecule has 2 saturated heterocycles. The number of nitrogens with zero attached hydrogens (tertiary/aromatic N) is 2. The zero-order valence-electron chi connectivity index (χ0n) is 30.3. The monoisotopic (exact) mass is 905 g/mol. The molecule has 0 aliphatic carbocycles. The van der Waals surface area contributed by atoms with Gasteiger partial charge in [-0.3, -0.25) is 32.7 Å². The van der Waals surface area contributed by atoms with Crippen LogP contribution in [0.4, 0.5) is 0 Å². The molecular weight excluding hydrogens is 869 g/mol. The van der Waals surface area contributed by atoms with Gasteiger partial charge < -0.3 is 23.5 Å². The summed E-state index contributed by atoms with van der Waals surface area (Å²) in [5.41, 5.74) is 0.914. The van der Waals surface area contributed by atoms with Gasteiger partial charge in [-0.25, -0.2) is 9.59 Å². The van der Waals surface area contributed by atoms with Crippen molar-refractivity contribution in [2.24, 2.45) is 0 Å². The number of hydrogen-bond acceptors (Lipinski definition) is 15. The number of halogens is 2. The van der Waals surface area contributed by atoms with Gasteiger partial charge in [0.1, 0.15) is 35.0 Å². The van der Waals surface area contributed by atoms with Gasteiger partial charge in [0.05, 0.1) is 49.7 Å². The topological polar surface area (TPSA) is 188 Å². The summed E-state index contributed by atoms with van der Waals surface area (Å²) >= 11 is 21.9. The molecule has 8 rings (SSSR count). The van der Waals surface area contributed by atoms with Crippen LogP contribution >= 0.6 is 64.4 Å². The molecule has 4 aliphatic rings. The largest absolute Gasteiger partial charge is 0.619 e. The molecule has 0 spiro atoms. The molecule has 2 aromatic heterocycles. The lowest BCUT2D eigenvalue weighted by atomic mass is 10.2. The first-order valence-corrected chi connectivity index (χ1v) is 21.6. The Hall–Kier alpha value is -3.00. The number of hydrogen-bond donors (Lipinski definition) is 3. The van der Waals surface area contributed by atoms with Crippen molar-refractivity contribution in [2.45, 2.75) is 63.6 Å². The molecule has 306 valence electrons. The van der Waals surface area contributed by atoms with E-state index >= 15 is 0 Å². The maximum absolute atomic E-state index is 12.1. The third-order valence-corrected chi connectivity index (χ3v) is 12.9. The highest BCUT2D eigenvalue weighted by Crippen LogP contribution is 2.63. The van der Waals surface area contributed by atoms with Crippen molar-refractivity contribution in [1.82, 2.24) is 19.1 Å². The summed E-state index contributed by atoms with van der Waals surface area (Å²) in [6.45, 7) is 0.861. The second-order valence-corrected chi connectivity index (χ2v) is 17.2. The zero-order valence-corrected chi connectivity index (χ0v) is 35.2. The number of benzene rings is 2. The van der Waals surface area contributed by atoms with Crippen LogP contribution in [0.15, 0.2) is 58.4 Å². The molecule has 23 heteroatoms. The molecule has 17 nitrogen and oxygen atoms in total. The van der Waals surface area contributed by atoms with E-state index in [1.807, 2.05) is 30.3 Å². The molecule has 57 heavy (non-hydrogen) atoms. The second kappa shape index (κ2) is 18.5. The van der Waals surface area contributed by atoms with E-state index in [-0.39, 0.29) is 52.0 Å². The predicted octanol–water partition coefficient (Wildman–Crippen LogP) is 7.64. The van der Waals surface area contributed by atoms with Crippen molar-refractivity contribution in [1.29, 1.82) is 0 Å². The first-order valence-electron chi connectivity index (χ1n) is 17.4. The predicted molar refractivity (Wildman–Crippen MR) is 213 cm³/mol. The van der Waals surface area contributed by atoms with Crippen LogP contribution in [-0.4, -0.2) is 63.6 Å². The highest BCUT2D eigenvalue weighted by atomic mass is 35.5. The summed E-state index contributed by atoms with van der Waals surface area (Å²) in [5, 5.41) is 0.567. The quantitative estimate of drug-likeness (QED) is 0.104. The average Bonchev–Trinajstić information content (AvgIpc) is 3.89. The van der Waals surface area contributed by atoms with Gasteiger partial charge in [-0.05, 0) is 37.8 Å². The molecule has 4 aromatic rings. The number of aromatic nitrogens is 4. The van der Waals surface area contributed by atoms with Gasteiger partial charge in [0.15, 0.2) is 17.2 Å². The van der Waals surface area contributed by atoms with Gasteiger partial charge in [-0.1, -0.05) is 71.9 Å². The van der Waals surface area contributed by atoms with E-state index in [0.717, 1.165) is 17.5 Å². The number of rotatable bonds is 10. The van der Waals surface area contributed by atoms with Crippen LogP contribution in [-0.2, 0) is 40.8 Å². The van der Waals surface area contributed by atoms with Gasteiger partial charge in [0.2, 0.25) is 5.75 Å². The Balaban J connectivity index is 0.000000174. The van der Waals surface area contributed by atoms with Crippen LogP contribution in [0, 0.1) is 9.28 Å². The van der Waals surface area contributed by atoms with E-state index in [4.69, 9.17) is 93.7 Å². The summed E-state index contributed by atoms with van der Waals surface area (Å²) in [5.74, 6) is 2.19. The van der Waals surface area contributed by atoms with Gasteiger partial charge in [0.25, 0.3) is 0 Å². The molecule has 6 heterocycles. The summed E-state index contributed by atoms with van der Waals surface area (Å²) < 4.78 is 59.4. The van der Waals surface area contributed by atoms with Crippen molar-refractivity contribution in [3.05, 3.63) is 100 Å². The minimum Gasteiger partial charge on any atom is -0.493 e. The molecule has 0 radical (unpaired) electrons. The normalized spacial score (nSPS) is 25.0. The molecule has 0 saturated carbocycles. The van der Waals surface area contributed by atoms with Crippen molar-refractivity contribution in [3.63, 3.8) is 0 Å². The first-order chi connectivity index (χ1) is 27.4. The van der Waals surface area contributed by atoms with Crippen LogP contribution in [0.5, 0.6) is 23.0 Å². The number of methoxy groups -OCH3 is 2. The Labute approximate surface area is 347 Å². The fraction of sp³-hybridized carbons (Fsp3) is 0.412. The number of nitrogens with one attached hydrogen (secondary N) is 2. The Morgan fingerprint density at radius 1 is 0.825 bits per heavy atom. The lowest BCUT2D eigenvalue weighted by Crippen LogP contribution is -2.28. The lowest BCUT2D eigenvalue weighted by Gasteiger charge is -2.26. The average molecular weight is 907 g/mol. The minimum atomic E-state index is -3.57. The maximum Gasteiger partial charge on any atom is 0.619 e. The van der Waals surface area contributed by atoms with E-state index in [1.54, 1.807) is 13.2 Å². The first kappa shape index (κ1) is 42.1. The Morgan fingerprint density at radius 2 is 1.37 bits per heavy atom. The number of para-hydroxylation sites is 2. The van der Waals surface area contributed by atoms with E-state index in [0.29, 0.717) is 53.9 Å². The summed E-state index contributed by atoms with van der Waals surface area (Å²) in [6.07, 6.45) is 4.05. The Morgan fingerprint density at radius 3 is 1.95 bits per heavy atom. The highest BCUT2D eigenvalue weighted by Gasteiger charge is 2.52. The van der Waals surface area contributed by atoms with E-state index in [2.05, 4.69) is 9.97 Å². The third kappa shape index (κ3) is 9.90. The fourth-order valence-corrected chi connectivity index (χ4v) is 9.15. The fourth-order valence-electron chi connectivity index (χ4n) is 6.22. The molecule has 3 N–H and O–H groups in total. The number of ether oxygens (including phenoxy) is 4. The Bertz CT molecular complexity index is 2310. The summed E-state index contributed by atoms with van der Waals surface area (Å²) in [4.78, 5) is 39.9. The van der Waals surface area contributed by atoms with Crippen molar-refractivity contribution >= 4 is 64.4 Å². The van der Waals surface area contributed by atoms with Crippen LogP contribution in [0.1, 0.15) is 49.3 Å². The lowest BCUT2D eigenvalue weighted by molar-refractivity contribution is -0.0302. The molecule has 0 bridgehead atoms. The molecule has 4 aliphatic heterocycles. The minimum absolute atomic E-state index is 0.0383. The van der Waals surface area contributed by atoms with E-state index in [9.17, 15) is 14.5 Å². The smallest absolute Gasteiger partial charge is 0.493 e. The number of H-pyrrole nitrogens is 2. The summed E-state index contributed by atoms with van der Waals surface area (Å²) in [6, 6.07) is 11.0. The van der Waals surface area contributed by atoms with Gasteiger partial charge >= 0.3 is 28.2 Å². The van der Waals surface area contributed by atoms with Crippen LogP contribution in [0.25, 0.3) is 0 Å². The Kier molecular flexibility index (Phi) is 13.7. The summed E-state index contributed by atoms with van der Waals surface area (Å²) in [7, 11) is -2.01. The van der Waals surface area contributed by atoms with Crippen molar-refractivity contribution < 1.29 is 51.0 Å². The number of fused-ring (bicyclic) bond motifs is 2. The molecular formula is C34H37Cl2N4O13P2S2+. The molecule has 2 aromatic carbocycles. The zero-order chi connectivity index (χ0) is 40.3. The molecule has 2 fully saturated rings. The van der Waals surface area contributed by atoms with Crippen molar-refractivity contribution in [2.75, 3.05) is 27.4 Å². The van der Waals surface area contributed by atoms with Gasteiger partial charge in [-0.2, -0.15) is 4.89 Å².